The largest absolute Gasteiger partial charge is 0.368 e. The Labute approximate surface area is 198 Å². The summed E-state index contributed by atoms with van der Waals surface area (Å²) in [5.41, 5.74) is 8.07. The molecule has 8 nitrogen and oxygen atoms in total. The van der Waals surface area contributed by atoms with Crippen molar-refractivity contribution in [3.8, 4) is 22.4 Å². The molecular formula is C25H21F2N7O. The molecule has 5 rings (SSSR count). The van der Waals surface area contributed by atoms with Gasteiger partial charge in [-0.3, -0.25) is 9.78 Å². The Morgan fingerprint density at radius 1 is 1.03 bits per heavy atom. The number of fused-ring (bicyclic) bond motifs is 1. The molecule has 4 aromatic heterocycles. The Bertz CT molecular complexity index is 1610. The molecule has 2 N–H and O–H groups in total. The van der Waals surface area contributed by atoms with Gasteiger partial charge in [0.1, 0.15) is 11.6 Å². The summed E-state index contributed by atoms with van der Waals surface area (Å²) in [6.45, 7) is 3.80. The summed E-state index contributed by atoms with van der Waals surface area (Å²) in [5.74, 6) is -0.613. The van der Waals surface area contributed by atoms with Crippen LogP contribution in [0.5, 0.6) is 0 Å². The topological polar surface area (TPSA) is 104 Å². The summed E-state index contributed by atoms with van der Waals surface area (Å²) in [6.07, 6.45) is 3.21. The standard InChI is InChI=1S/C25H21F2N7O/c1-14(2)33-12-4-5-17(24(33)35)21-22(15-7-9-16(26)10-8-15)31-25(28)34-23(21)30-20(32-34)13-19-18(27)6-3-11-29-19/h3-12,14H,13H2,1-2H3,(H2,28,31). The quantitative estimate of drug-likeness (QED) is 0.413. The lowest BCUT2D eigenvalue weighted by molar-refractivity contribution is 0.579. The van der Waals surface area contributed by atoms with Crippen molar-refractivity contribution in [1.29, 1.82) is 0 Å². The fraction of sp³-hybridized carbons (Fsp3) is 0.160. The van der Waals surface area contributed by atoms with Gasteiger partial charge in [0.05, 0.1) is 28.9 Å². The van der Waals surface area contributed by atoms with Crippen LogP contribution in [-0.4, -0.2) is 29.1 Å². The van der Waals surface area contributed by atoms with Gasteiger partial charge >= 0.3 is 0 Å². The molecule has 0 unspecified atom stereocenters. The van der Waals surface area contributed by atoms with E-state index in [9.17, 15) is 13.6 Å². The maximum atomic E-state index is 14.2. The first-order valence-corrected chi connectivity index (χ1v) is 11.0. The van der Waals surface area contributed by atoms with E-state index in [1.165, 1.54) is 35.0 Å². The molecule has 10 heteroatoms. The highest BCUT2D eigenvalue weighted by atomic mass is 19.1. The number of anilines is 1. The van der Waals surface area contributed by atoms with E-state index in [0.717, 1.165) is 0 Å². The SMILES string of the molecule is CC(C)n1cccc(-c2c(-c3ccc(F)cc3)nc(N)n3nc(Cc4ncccc4F)nc23)c1=O. The zero-order valence-electron chi connectivity index (χ0n) is 19.0. The van der Waals surface area contributed by atoms with Crippen molar-refractivity contribution in [1.82, 2.24) is 29.1 Å². The second-order valence-corrected chi connectivity index (χ2v) is 8.30. The van der Waals surface area contributed by atoms with Gasteiger partial charge in [-0.1, -0.05) is 0 Å². The van der Waals surface area contributed by atoms with Crippen molar-refractivity contribution in [2.75, 3.05) is 5.73 Å². The second kappa shape index (κ2) is 8.71. The number of nitrogen functional groups attached to an aromatic ring is 1. The number of rotatable bonds is 5. The normalized spacial score (nSPS) is 11.5. The van der Waals surface area contributed by atoms with E-state index in [-0.39, 0.29) is 41.1 Å². The average molecular weight is 473 g/mol. The first-order chi connectivity index (χ1) is 16.8. The Hall–Kier alpha value is -4.47. The maximum absolute atomic E-state index is 14.2. The summed E-state index contributed by atoms with van der Waals surface area (Å²) in [7, 11) is 0. The molecule has 0 atom stereocenters. The second-order valence-electron chi connectivity index (χ2n) is 8.30. The van der Waals surface area contributed by atoms with E-state index in [1.54, 1.807) is 35.0 Å². The van der Waals surface area contributed by atoms with Gasteiger partial charge in [-0.25, -0.2) is 18.7 Å². The minimum atomic E-state index is -0.479. The maximum Gasteiger partial charge on any atom is 0.258 e. The van der Waals surface area contributed by atoms with Crippen molar-refractivity contribution in [3.05, 3.63) is 94.4 Å². The van der Waals surface area contributed by atoms with E-state index in [2.05, 4.69) is 20.1 Å². The molecule has 0 radical (unpaired) electrons. The number of hydrogen-bond acceptors (Lipinski definition) is 6. The fourth-order valence-corrected chi connectivity index (χ4v) is 3.94. The molecule has 0 aliphatic heterocycles. The highest BCUT2D eigenvalue weighted by Crippen LogP contribution is 2.33. The molecule has 0 fully saturated rings. The zero-order valence-corrected chi connectivity index (χ0v) is 19.0. The smallest absolute Gasteiger partial charge is 0.258 e. The Balaban J connectivity index is 1.80. The van der Waals surface area contributed by atoms with Gasteiger partial charge < -0.3 is 10.3 Å². The molecule has 0 bridgehead atoms. The number of aromatic nitrogens is 6. The van der Waals surface area contributed by atoms with Crippen LogP contribution in [0.25, 0.3) is 28.0 Å². The summed E-state index contributed by atoms with van der Waals surface area (Å²) < 4.78 is 30.8. The summed E-state index contributed by atoms with van der Waals surface area (Å²) in [4.78, 5) is 26.6. The number of nitrogens with two attached hydrogens (primary N) is 1. The predicted molar refractivity (Wildman–Crippen MR) is 128 cm³/mol. The van der Waals surface area contributed by atoms with E-state index in [4.69, 9.17) is 5.73 Å². The molecule has 176 valence electrons. The molecule has 0 amide bonds. The van der Waals surface area contributed by atoms with Gasteiger partial charge in [0.2, 0.25) is 5.95 Å². The van der Waals surface area contributed by atoms with E-state index in [1.807, 2.05) is 13.8 Å². The minimum absolute atomic E-state index is 0.0171. The van der Waals surface area contributed by atoms with Crippen molar-refractivity contribution in [3.63, 3.8) is 0 Å². The summed E-state index contributed by atoms with van der Waals surface area (Å²) in [5, 5.41) is 4.41. The third kappa shape index (κ3) is 4.03. The van der Waals surface area contributed by atoms with Crippen LogP contribution in [-0.2, 0) is 6.42 Å². The van der Waals surface area contributed by atoms with E-state index < -0.39 is 11.6 Å². The van der Waals surface area contributed by atoms with Gasteiger partial charge in [-0.15, -0.1) is 5.10 Å². The highest BCUT2D eigenvalue weighted by molar-refractivity contribution is 5.90. The number of benzene rings is 1. The molecule has 0 aliphatic rings. The summed E-state index contributed by atoms with van der Waals surface area (Å²) >= 11 is 0. The van der Waals surface area contributed by atoms with E-state index in [0.29, 0.717) is 22.4 Å². The molecule has 1 aromatic carbocycles. The lowest BCUT2D eigenvalue weighted by Gasteiger charge is -2.15. The van der Waals surface area contributed by atoms with Crippen LogP contribution in [0.3, 0.4) is 0 Å². The van der Waals surface area contributed by atoms with Crippen LogP contribution in [0, 0.1) is 11.6 Å². The zero-order chi connectivity index (χ0) is 24.7. The molecule has 4 heterocycles. The van der Waals surface area contributed by atoms with Gasteiger partial charge in [0, 0.05) is 24.0 Å². The molecule has 0 aliphatic carbocycles. The van der Waals surface area contributed by atoms with E-state index >= 15 is 0 Å². The van der Waals surface area contributed by atoms with Crippen molar-refractivity contribution < 1.29 is 8.78 Å². The first kappa shape index (κ1) is 22.3. The third-order valence-corrected chi connectivity index (χ3v) is 5.63. The van der Waals surface area contributed by atoms with Crippen molar-refractivity contribution >= 4 is 11.6 Å². The highest BCUT2D eigenvalue weighted by Gasteiger charge is 2.23. The minimum Gasteiger partial charge on any atom is -0.368 e. The monoisotopic (exact) mass is 473 g/mol. The van der Waals surface area contributed by atoms with Crippen LogP contribution in [0.2, 0.25) is 0 Å². The van der Waals surface area contributed by atoms with Crippen LogP contribution >= 0.6 is 0 Å². The number of hydrogen-bond donors (Lipinski definition) is 1. The number of pyridine rings is 2. The number of nitrogens with zero attached hydrogens (tertiary/aromatic N) is 6. The lowest BCUT2D eigenvalue weighted by atomic mass is 10.0. The van der Waals surface area contributed by atoms with Gasteiger partial charge in [-0.2, -0.15) is 4.52 Å². The fourth-order valence-electron chi connectivity index (χ4n) is 3.94. The summed E-state index contributed by atoms with van der Waals surface area (Å²) in [6, 6.07) is 11.9. The van der Waals surface area contributed by atoms with Gasteiger partial charge in [0.25, 0.3) is 5.56 Å². The predicted octanol–water partition coefficient (Wildman–Crippen LogP) is 4.05. The van der Waals surface area contributed by atoms with Crippen LogP contribution in [0.4, 0.5) is 14.7 Å². The van der Waals surface area contributed by atoms with Crippen LogP contribution in [0.15, 0.2) is 65.7 Å². The molecule has 5 aromatic rings. The van der Waals surface area contributed by atoms with Crippen molar-refractivity contribution in [2.45, 2.75) is 26.3 Å². The Morgan fingerprint density at radius 3 is 2.51 bits per heavy atom. The molecule has 0 spiro atoms. The molecule has 0 saturated heterocycles. The number of halogens is 2. The molecule has 35 heavy (non-hydrogen) atoms. The third-order valence-electron chi connectivity index (χ3n) is 5.63. The molecular weight excluding hydrogens is 452 g/mol. The van der Waals surface area contributed by atoms with Gasteiger partial charge in [-0.05, 0) is 62.4 Å². The van der Waals surface area contributed by atoms with Crippen LogP contribution in [0.1, 0.15) is 31.4 Å². The van der Waals surface area contributed by atoms with Crippen molar-refractivity contribution in [2.24, 2.45) is 0 Å². The average Bonchev–Trinajstić information content (AvgIpc) is 3.26. The molecule has 0 saturated carbocycles. The van der Waals surface area contributed by atoms with Crippen LogP contribution < -0.4 is 11.3 Å². The Morgan fingerprint density at radius 2 is 1.80 bits per heavy atom. The first-order valence-electron chi connectivity index (χ1n) is 11.0. The van der Waals surface area contributed by atoms with Gasteiger partial charge in [0.15, 0.2) is 11.5 Å². The lowest BCUT2D eigenvalue weighted by Crippen LogP contribution is -2.23. The Kier molecular flexibility index (Phi) is 5.56.